The van der Waals surface area contributed by atoms with E-state index in [4.69, 9.17) is 11.6 Å². The molecule has 3 nitrogen and oxygen atoms in total. The Morgan fingerprint density at radius 3 is 2.89 bits per heavy atom. The maximum atomic E-state index is 12.0. The van der Waals surface area contributed by atoms with Crippen LogP contribution in [0.4, 0.5) is 0 Å². The molecule has 1 saturated carbocycles. The molecule has 2 rings (SSSR count). The summed E-state index contributed by atoms with van der Waals surface area (Å²) in [6.45, 7) is 4.24. The molecule has 0 atom stereocenters. The van der Waals surface area contributed by atoms with Crippen LogP contribution < -0.4 is 5.32 Å². The Morgan fingerprint density at radius 1 is 1.56 bits per heavy atom. The highest BCUT2D eigenvalue weighted by atomic mass is 35.5. The van der Waals surface area contributed by atoms with Gasteiger partial charge in [0.2, 0.25) is 5.91 Å². The van der Waals surface area contributed by atoms with E-state index in [1.165, 1.54) is 12.8 Å². The lowest BCUT2D eigenvalue weighted by molar-refractivity contribution is -0.131. The number of carbonyl (C=O) groups is 1. The van der Waals surface area contributed by atoms with Gasteiger partial charge in [-0.2, -0.15) is 0 Å². The fourth-order valence-corrected chi connectivity index (χ4v) is 2.93. The van der Waals surface area contributed by atoms with Crippen LogP contribution in [0.15, 0.2) is 12.1 Å². The van der Waals surface area contributed by atoms with Gasteiger partial charge in [-0.15, -0.1) is 11.3 Å². The SMILES string of the molecule is CCN(Cc1ccc(Cl)s1)C(=O)CCNC1CC1. The molecular formula is C13H19ClN2OS. The third-order valence-corrected chi connectivity index (χ3v) is 4.28. The van der Waals surface area contributed by atoms with Crippen LogP contribution in [0, 0.1) is 0 Å². The molecule has 1 amide bonds. The van der Waals surface area contributed by atoms with E-state index in [-0.39, 0.29) is 5.91 Å². The summed E-state index contributed by atoms with van der Waals surface area (Å²) in [4.78, 5) is 15.1. The average molecular weight is 287 g/mol. The Kier molecular flexibility index (Phi) is 5.03. The quantitative estimate of drug-likeness (QED) is 0.836. The van der Waals surface area contributed by atoms with Gasteiger partial charge in [0.25, 0.3) is 0 Å². The average Bonchev–Trinajstić information content (AvgIpc) is 3.08. The maximum absolute atomic E-state index is 12.0. The van der Waals surface area contributed by atoms with Gasteiger partial charge in [0, 0.05) is 30.4 Å². The minimum Gasteiger partial charge on any atom is -0.338 e. The van der Waals surface area contributed by atoms with Crippen molar-refractivity contribution in [2.45, 2.75) is 38.8 Å². The molecule has 1 N–H and O–H groups in total. The Labute approximate surface area is 117 Å². The number of carbonyl (C=O) groups excluding carboxylic acids is 1. The van der Waals surface area contributed by atoms with Crippen LogP contribution in [0.1, 0.15) is 31.1 Å². The number of thiophene rings is 1. The van der Waals surface area contributed by atoms with Gasteiger partial charge in [0.15, 0.2) is 0 Å². The minimum atomic E-state index is 0.218. The molecule has 18 heavy (non-hydrogen) atoms. The first-order valence-corrected chi connectivity index (χ1v) is 7.64. The van der Waals surface area contributed by atoms with Crippen LogP contribution in [0.25, 0.3) is 0 Å². The maximum Gasteiger partial charge on any atom is 0.224 e. The minimum absolute atomic E-state index is 0.218. The zero-order valence-corrected chi connectivity index (χ0v) is 12.2. The molecule has 0 aliphatic heterocycles. The molecule has 0 saturated heterocycles. The number of amides is 1. The van der Waals surface area contributed by atoms with Gasteiger partial charge in [-0.05, 0) is 31.9 Å². The predicted octanol–water partition coefficient (Wildman–Crippen LogP) is 2.89. The van der Waals surface area contributed by atoms with Crippen LogP contribution in [0.2, 0.25) is 4.34 Å². The monoisotopic (exact) mass is 286 g/mol. The van der Waals surface area contributed by atoms with Crippen LogP contribution in [-0.2, 0) is 11.3 Å². The normalized spacial score (nSPS) is 14.8. The zero-order valence-electron chi connectivity index (χ0n) is 10.6. The van der Waals surface area contributed by atoms with Crippen molar-refractivity contribution in [3.63, 3.8) is 0 Å². The highest BCUT2D eigenvalue weighted by molar-refractivity contribution is 7.16. The summed E-state index contributed by atoms with van der Waals surface area (Å²) in [5, 5.41) is 3.37. The third-order valence-electron chi connectivity index (χ3n) is 3.06. The van der Waals surface area contributed by atoms with Gasteiger partial charge in [-0.1, -0.05) is 11.6 Å². The molecule has 1 aromatic rings. The van der Waals surface area contributed by atoms with E-state index < -0.39 is 0 Å². The summed E-state index contributed by atoms with van der Waals surface area (Å²) in [5.74, 6) is 0.218. The highest BCUT2D eigenvalue weighted by Crippen LogP contribution is 2.23. The summed E-state index contributed by atoms with van der Waals surface area (Å²) in [7, 11) is 0. The van der Waals surface area contributed by atoms with Crippen molar-refractivity contribution in [2.75, 3.05) is 13.1 Å². The van der Waals surface area contributed by atoms with E-state index in [2.05, 4.69) is 5.32 Å². The Bertz CT molecular complexity index is 403. The lowest BCUT2D eigenvalue weighted by Crippen LogP contribution is -2.32. The van der Waals surface area contributed by atoms with Crippen molar-refractivity contribution >= 4 is 28.8 Å². The molecule has 0 bridgehead atoms. The lowest BCUT2D eigenvalue weighted by atomic mass is 10.3. The van der Waals surface area contributed by atoms with Crippen LogP contribution in [-0.4, -0.2) is 29.9 Å². The number of halogens is 1. The Morgan fingerprint density at radius 2 is 2.33 bits per heavy atom. The van der Waals surface area contributed by atoms with Crippen molar-refractivity contribution in [3.05, 3.63) is 21.3 Å². The van der Waals surface area contributed by atoms with Crippen molar-refractivity contribution < 1.29 is 4.79 Å². The third kappa shape index (κ3) is 4.26. The van der Waals surface area contributed by atoms with E-state index in [0.29, 0.717) is 19.0 Å². The molecule has 100 valence electrons. The molecule has 5 heteroatoms. The second-order valence-corrected chi connectivity index (χ2v) is 6.39. The van der Waals surface area contributed by atoms with Gasteiger partial charge in [0.1, 0.15) is 0 Å². The molecule has 0 aromatic carbocycles. The fourth-order valence-electron chi connectivity index (χ4n) is 1.83. The number of hydrogen-bond donors (Lipinski definition) is 1. The molecule has 1 aliphatic carbocycles. The number of rotatable bonds is 7. The van der Waals surface area contributed by atoms with Gasteiger partial charge in [-0.25, -0.2) is 0 Å². The van der Waals surface area contributed by atoms with E-state index in [9.17, 15) is 4.79 Å². The van der Waals surface area contributed by atoms with E-state index in [1.54, 1.807) is 11.3 Å². The summed E-state index contributed by atoms with van der Waals surface area (Å²) >= 11 is 7.44. The van der Waals surface area contributed by atoms with Crippen molar-refractivity contribution in [2.24, 2.45) is 0 Å². The predicted molar refractivity (Wildman–Crippen MR) is 76.1 cm³/mol. The van der Waals surface area contributed by atoms with Gasteiger partial charge in [-0.3, -0.25) is 4.79 Å². The van der Waals surface area contributed by atoms with E-state index >= 15 is 0 Å². The molecule has 1 aliphatic rings. The second kappa shape index (κ2) is 6.55. The second-order valence-electron chi connectivity index (χ2n) is 4.59. The topological polar surface area (TPSA) is 32.3 Å². The first-order chi connectivity index (χ1) is 8.69. The lowest BCUT2D eigenvalue weighted by Gasteiger charge is -2.20. The van der Waals surface area contributed by atoms with Gasteiger partial charge < -0.3 is 10.2 Å². The molecule has 0 radical (unpaired) electrons. The van der Waals surface area contributed by atoms with Gasteiger partial charge >= 0.3 is 0 Å². The fraction of sp³-hybridized carbons (Fsp3) is 0.615. The standard InChI is InChI=1S/C13H19ClN2OS/c1-2-16(9-11-5-6-12(14)18-11)13(17)7-8-15-10-3-4-10/h5-6,10,15H,2-4,7-9H2,1H3. The summed E-state index contributed by atoms with van der Waals surface area (Å²) in [6.07, 6.45) is 3.11. The summed E-state index contributed by atoms with van der Waals surface area (Å²) in [6, 6.07) is 4.55. The highest BCUT2D eigenvalue weighted by Gasteiger charge is 2.21. The first-order valence-electron chi connectivity index (χ1n) is 6.44. The van der Waals surface area contributed by atoms with Crippen molar-refractivity contribution in [1.29, 1.82) is 0 Å². The molecule has 0 spiro atoms. The Hall–Kier alpha value is -0.580. The van der Waals surface area contributed by atoms with E-state index in [1.807, 2.05) is 24.0 Å². The van der Waals surface area contributed by atoms with Crippen LogP contribution >= 0.6 is 22.9 Å². The summed E-state index contributed by atoms with van der Waals surface area (Å²) in [5.41, 5.74) is 0. The first kappa shape index (κ1) is 13.8. The number of nitrogens with zero attached hydrogens (tertiary/aromatic N) is 1. The zero-order chi connectivity index (χ0) is 13.0. The van der Waals surface area contributed by atoms with Crippen molar-refractivity contribution in [1.82, 2.24) is 10.2 Å². The smallest absolute Gasteiger partial charge is 0.224 e. The largest absolute Gasteiger partial charge is 0.338 e. The number of nitrogens with one attached hydrogen (secondary N) is 1. The van der Waals surface area contributed by atoms with E-state index in [0.717, 1.165) is 22.3 Å². The van der Waals surface area contributed by atoms with Gasteiger partial charge in [0.05, 0.1) is 10.9 Å². The molecular weight excluding hydrogens is 268 g/mol. The van der Waals surface area contributed by atoms with Crippen molar-refractivity contribution in [3.8, 4) is 0 Å². The molecule has 1 aromatic heterocycles. The molecule has 0 unspecified atom stereocenters. The van der Waals surface area contributed by atoms with Crippen LogP contribution in [0.5, 0.6) is 0 Å². The summed E-state index contributed by atoms with van der Waals surface area (Å²) < 4.78 is 0.781. The Balaban J connectivity index is 1.77. The van der Waals surface area contributed by atoms with Crippen LogP contribution in [0.3, 0.4) is 0 Å². The molecule has 1 heterocycles. The molecule has 1 fully saturated rings. The number of hydrogen-bond acceptors (Lipinski definition) is 3.